The van der Waals surface area contributed by atoms with Gasteiger partial charge in [-0.15, -0.1) is 0 Å². The van der Waals surface area contributed by atoms with Gasteiger partial charge in [0.1, 0.15) is 11.9 Å². The van der Waals surface area contributed by atoms with E-state index in [9.17, 15) is 9.32 Å². The number of aromatic nitrogens is 2. The number of nitrogens with two attached hydrogens (primary N) is 1. The number of aliphatic hydroxyl groups excluding tert-OH is 1. The Morgan fingerprint density at radius 1 is 1.47 bits per heavy atom. The molecule has 0 amide bonds. The van der Waals surface area contributed by atoms with E-state index in [1.165, 1.54) is 0 Å². The molecule has 5 nitrogen and oxygen atoms in total. The molecular weight excluding hydrogens is 262 g/mol. The van der Waals surface area contributed by atoms with Crippen molar-refractivity contribution in [2.45, 2.75) is 31.7 Å². The lowest BCUT2D eigenvalue weighted by Crippen LogP contribution is -2.19. The molecule has 6 heteroatoms. The van der Waals surface area contributed by atoms with Crippen LogP contribution in [-0.4, -0.2) is 30.4 Å². The Kier molecular flexibility index (Phi) is 3.91. The summed E-state index contributed by atoms with van der Waals surface area (Å²) >= 11 is 0. The summed E-state index contributed by atoms with van der Waals surface area (Å²) in [6.45, 7) is 4.16. The molecule has 0 fully saturated rings. The van der Waals surface area contributed by atoms with E-state index in [2.05, 4.69) is 4.98 Å². The average molecular weight is 281 g/mol. The number of nitrogens with zero attached hydrogens (tertiary/aromatic N) is 2. The molecule has 0 aliphatic carbocycles. The highest BCUT2D eigenvalue weighted by atomic mass is 32.2. The number of anilines is 1. The summed E-state index contributed by atoms with van der Waals surface area (Å²) < 4.78 is 13.5. The number of hydrogen-bond acceptors (Lipinski definition) is 4. The Balaban J connectivity index is 2.55. The van der Waals surface area contributed by atoms with Crippen molar-refractivity contribution in [2.75, 3.05) is 12.0 Å². The highest BCUT2D eigenvalue weighted by molar-refractivity contribution is 7.84. The molecule has 0 saturated carbocycles. The molecule has 3 N–H and O–H groups in total. The van der Waals surface area contributed by atoms with E-state index < -0.39 is 16.9 Å². The van der Waals surface area contributed by atoms with E-state index in [0.717, 1.165) is 11.0 Å². The molecule has 0 aliphatic rings. The number of benzene rings is 1. The van der Waals surface area contributed by atoms with E-state index in [-0.39, 0.29) is 5.25 Å². The van der Waals surface area contributed by atoms with Crippen LogP contribution in [-0.2, 0) is 17.3 Å². The minimum absolute atomic E-state index is 0.00699. The minimum atomic E-state index is -0.919. The summed E-state index contributed by atoms with van der Waals surface area (Å²) in [5.74, 6) is 0.581. The number of aliphatic hydroxyl groups is 1. The molecular formula is C13H19N3O2S. The topological polar surface area (TPSA) is 81.1 Å². The number of fused-ring (bicyclic) bond motifs is 1. The number of hydrogen-bond donors (Lipinski definition) is 2. The highest BCUT2D eigenvalue weighted by Gasteiger charge is 2.18. The summed E-state index contributed by atoms with van der Waals surface area (Å²) in [5.41, 5.74) is 8.05. The van der Waals surface area contributed by atoms with Gasteiger partial charge in [-0.2, -0.15) is 0 Å². The third kappa shape index (κ3) is 2.79. The van der Waals surface area contributed by atoms with Gasteiger partial charge < -0.3 is 15.4 Å². The van der Waals surface area contributed by atoms with Crippen molar-refractivity contribution in [3.8, 4) is 0 Å². The van der Waals surface area contributed by atoms with Crippen molar-refractivity contribution in [2.24, 2.45) is 0 Å². The van der Waals surface area contributed by atoms with Gasteiger partial charge in [-0.3, -0.25) is 4.21 Å². The zero-order valence-electron chi connectivity index (χ0n) is 11.3. The lowest BCUT2D eigenvalue weighted by atomic mass is 10.3. The first-order valence-corrected chi connectivity index (χ1v) is 7.78. The van der Waals surface area contributed by atoms with E-state index in [1.807, 2.05) is 17.6 Å². The van der Waals surface area contributed by atoms with Gasteiger partial charge in [-0.1, -0.05) is 0 Å². The number of rotatable bonds is 4. The fourth-order valence-electron chi connectivity index (χ4n) is 2.04. The van der Waals surface area contributed by atoms with Crippen LogP contribution >= 0.6 is 0 Å². The molecule has 2 rings (SSSR count). The average Bonchev–Trinajstić information content (AvgIpc) is 2.67. The monoisotopic (exact) mass is 281 g/mol. The molecule has 0 radical (unpaired) electrons. The van der Waals surface area contributed by atoms with Crippen molar-refractivity contribution < 1.29 is 9.32 Å². The molecule has 2 aromatic rings. The second-order valence-corrected chi connectivity index (χ2v) is 6.62. The van der Waals surface area contributed by atoms with Crippen LogP contribution in [0.25, 0.3) is 11.0 Å². The minimum Gasteiger partial charge on any atom is -0.399 e. The van der Waals surface area contributed by atoms with Crippen LogP contribution in [0.4, 0.5) is 5.69 Å². The van der Waals surface area contributed by atoms with Crippen LogP contribution in [0.15, 0.2) is 18.2 Å². The van der Waals surface area contributed by atoms with Gasteiger partial charge in [-0.05, 0) is 32.0 Å². The Hall–Kier alpha value is -1.40. The van der Waals surface area contributed by atoms with E-state index >= 15 is 0 Å². The number of imidazole rings is 1. The normalized spacial score (nSPS) is 16.4. The van der Waals surface area contributed by atoms with Crippen LogP contribution in [0.2, 0.25) is 0 Å². The van der Waals surface area contributed by atoms with Crippen molar-refractivity contribution >= 4 is 27.5 Å². The quantitative estimate of drug-likeness (QED) is 0.831. The maximum atomic E-state index is 11.5. The third-order valence-corrected chi connectivity index (χ3v) is 4.46. The van der Waals surface area contributed by atoms with Crippen LogP contribution in [0.5, 0.6) is 0 Å². The van der Waals surface area contributed by atoms with Gasteiger partial charge in [-0.25, -0.2) is 4.98 Å². The maximum absolute atomic E-state index is 11.5. The lowest BCUT2D eigenvalue weighted by Gasteiger charge is -2.14. The van der Waals surface area contributed by atoms with Crippen molar-refractivity contribution in [1.29, 1.82) is 0 Å². The zero-order chi connectivity index (χ0) is 14.2. The molecule has 0 spiro atoms. The number of nitrogen functional groups attached to an aromatic ring is 1. The highest BCUT2D eigenvalue weighted by Crippen LogP contribution is 2.23. The van der Waals surface area contributed by atoms with Crippen molar-refractivity contribution in [1.82, 2.24) is 9.55 Å². The second kappa shape index (κ2) is 5.30. The zero-order valence-corrected chi connectivity index (χ0v) is 12.1. The predicted molar refractivity (Wildman–Crippen MR) is 78.3 cm³/mol. The van der Waals surface area contributed by atoms with Gasteiger partial charge in [0.05, 0.1) is 11.0 Å². The fourth-order valence-corrected chi connectivity index (χ4v) is 2.40. The standard InChI is InChI=1S/C13H19N3O2S/c1-8(19(3)18)7-16-12-5-4-10(14)6-11(12)15-13(16)9(2)17/h4-6,8-9,17H,7,14H2,1-3H3. The van der Waals surface area contributed by atoms with E-state index in [4.69, 9.17) is 5.73 Å². The van der Waals surface area contributed by atoms with Gasteiger partial charge in [0.25, 0.3) is 0 Å². The Morgan fingerprint density at radius 3 is 2.74 bits per heavy atom. The molecule has 0 aliphatic heterocycles. The largest absolute Gasteiger partial charge is 0.399 e. The molecule has 1 aromatic carbocycles. The molecule has 1 aromatic heterocycles. The maximum Gasteiger partial charge on any atom is 0.138 e. The summed E-state index contributed by atoms with van der Waals surface area (Å²) in [4.78, 5) is 4.42. The SMILES string of the molecule is CC(O)c1nc2cc(N)ccc2n1CC(C)S(C)=O. The van der Waals surface area contributed by atoms with Crippen molar-refractivity contribution in [3.63, 3.8) is 0 Å². The Labute approximate surface area is 114 Å². The van der Waals surface area contributed by atoms with Crippen molar-refractivity contribution in [3.05, 3.63) is 24.0 Å². The molecule has 3 atom stereocenters. The van der Waals surface area contributed by atoms with Gasteiger partial charge in [0.2, 0.25) is 0 Å². The summed E-state index contributed by atoms with van der Waals surface area (Å²) in [6, 6.07) is 5.47. The molecule has 0 bridgehead atoms. The van der Waals surface area contributed by atoms with E-state index in [1.54, 1.807) is 25.3 Å². The van der Waals surface area contributed by atoms with Gasteiger partial charge in [0.15, 0.2) is 0 Å². The first kappa shape index (κ1) is 14.0. The van der Waals surface area contributed by atoms with Crippen LogP contribution < -0.4 is 5.73 Å². The Bertz CT molecular complexity index is 622. The predicted octanol–water partition coefficient (Wildman–Crippen LogP) is 1.44. The lowest BCUT2D eigenvalue weighted by molar-refractivity contribution is 0.184. The van der Waals surface area contributed by atoms with Crippen LogP contribution in [0.1, 0.15) is 25.8 Å². The smallest absolute Gasteiger partial charge is 0.138 e. The molecule has 104 valence electrons. The van der Waals surface area contributed by atoms with Crippen LogP contribution in [0.3, 0.4) is 0 Å². The third-order valence-electron chi connectivity index (χ3n) is 3.18. The molecule has 3 unspecified atom stereocenters. The summed E-state index contributed by atoms with van der Waals surface area (Å²) in [7, 11) is -0.919. The first-order valence-electron chi connectivity index (χ1n) is 6.16. The summed E-state index contributed by atoms with van der Waals surface area (Å²) in [6.07, 6.45) is 1.01. The van der Waals surface area contributed by atoms with Crippen LogP contribution in [0, 0.1) is 0 Å². The van der Waals surface area contributed by atoms with E-state index in [0.29, 0.717) is 18.1 Å². The second-order valence-electron chi connectivity index (χ2n) is 4.81. The fraction of sp³-hybridized carbons (Fsp3) is 0.462. The van der Waals surface area contributed by atoms with Gasteiger partial charge >= 0.3 is 0 Å². The Morgan fingerprint density at radius 2 is 2.16 bits per heavy atom. The summed E-state index contributed by atoms with van der Waals surface area (Å²) in [5, 5.41) is 9.83. The first-order chi connectivity index (χ1) is 8.90. The van der Waals surface area contributed by atoms with Gasteiger partial charge in [0, 0.05) is 34.5 Å². The molecule has 1 heterocycles. The molecule has 0 saturated heterocycles. The molecule has 19 heavy (non-hydrogen) atoms.